The lowest BCUT2D eigenvalue weighted by Crippen LogP contribution is -2.27. The second kappa shape index (κ2) is 3.35. The lowest BCUT2D eigenvalue weighted by atomic mass is 9.80. The summed E-state index contributed by atoms with van der Waals surface area (Å²) in [5.74, 6) is 1.90. The van der Waals surface area contributed by atoms with Crippen LogP contribution in [0.4, 0.5) is 0 Å². The summed E-state index contributed by atoms with van der Waals surface area (Å²) in [6, 6.07) is 0. The molecule has 12 heavy (non-hydrogen) atoms. The van der Waals surface area contributed by atoms with Crippen molar-refractivity contribution in [3.05, 3.63) is 0 Å². The molecular formula is C10H19NO. The third kappa shape index (κ3) is 1.50. The second-order valence-corrected chi connectivity index (χ2v) is 4.41. The molecule has 0 aromatic carbocycles. The average Bonchev–Trinajstić information content (AvgIpc) is 2.43. The Morgan fingerprint density at radius 2 is 1.92 bits per heavy atom. The number of hydrogen-bond donors (Lipinski definition) is 0. The van der Waals surface area contributed by atoms with Crippen LogP contribution in [-0.4, -0.2) is 38.3 Å². The quantitative estimate of drug-likeness (QED) is 0.587. The molecule has 70 valence electrons. The van der Waals surface area contributed by atoms with Gasteiger partial charge in [-0.15, -0.1) is 0 Å². The van der Waals surface area contributed by atoms with E-state index in [0.29, 0.717) is 6.10 Å². The molecule has 2 aliphatic rings. The van der Waals surface area contributed by atoms with Gasteiger partial charge in [-0.2, -0.15) is 0 Å². The Kier molecular flexibility index (Phi) is 2.37. The molecular weight excluding hydrogens is 150 g/mol. The Hall–Kier alpha value is -0.0800. The highest BCUT2D eigenvalue weighted by atomic mass is 16.5. The summed E-state index contributed by atoms with van der Waals surface area (Å²) in [5.41, 5.74) is 0. The van der Waals surface area contributed by atoms with Gasteiger partial charge in [0.15, 0.2) is 0 Å². The second-order valence-electron chi connectivity index (χ2n) is 4.41. The Balaban J connectivity index is 1.93. The predicted molar refractivity (Wildman–Crippen MR) is 49.1 cm³/mol. The van der Waals surface area contributed by atoms with E-state index in [9.17, 15) is 0 Å². The number of fused-ring (bicyclic) bond motifs is 1. The minimum atomic E-state index is 0.553. The molecule has 0 spiro atoms. The summed E-state index contributed by atoms with van der Waals surface area (Å²) in [5, 5.41) is 0. The lowest BCUT2D eigenvalue weighted by Gasteiger charge is -2.29. The van der Waals surface area contributed by atoms with Crippen molar-refractivity contribution in [2.75, 3.05) is 27.2 Å². The van der Waals surface area contributed by atoms with E-state index in [1.54, 1.807) is 0 Å². The van der Waals surface area contributed by atoms with E-state index in [0.717, 1.165) is 11.8 Å². The molecule has 2 nitrogen and oxygen atoms in total. The van der Waals surface area contributed by atoms with Crippen LogP contribution < -0.4 is 0 Å². The Bertz CT molecular complexity index is 160. The molecule has 0 radical (unpaired) electrons. The first-order valence-electron chi connectivity index (χ1n) is 5.01. The largest absolute Gasteiger partial charge is 0.381 e. The minimum Gasteiger partial charge on any atom is -0.381 e. The van der Waals surface area contributed by atoms with E-state index in [-0.39, 0.29) is 0 Å². The monoisotopic (exact) mass is 169 g/mol. The fourth-order valence-corrected chi connectivity index (χ4v) is 2.84. The van der Waals surface area contributed by atoms with Gasteiger partial charge in [0.1, 0.15) is 0 Å². The van der Waals surface area contributed by atoms with Crippen LogP contribution in [0, 0.1) is 11.8 Å². The molecule has 2 heteroatoms. The standard InChI is InChI=1S/C10H19NO/c1-11-6-8-3-4-10(12-2)5-9(8)7-11/h8-10H,3-7H2,1-2H3. The highest BCUT2D eigenvalue weighted by Gasteiger charge is 2.36. The number of likely N-dealkylation sites (tertiary alicyclic amines) is 1. The van der Waals surface area contributed by atoms with Gasteiger partial charge >= 0.3 is 0 Å². The molecule has 1 saturated heterocycles. The van der Waals surface area contributed by atoms with Crippen molar-refractivity contribution in [2.24, 2.45) is 11.8 Å². The van der Waals surface area contributed by atoms with Gasteiger partial charge in [0, 0.05) is 20.2 Å². The zero-order valence-electron chi connectivity index (χ0n) is 8.12. The van der Waals surface area contributed by atoms with Crippen molar-refractivity contribution in [1.29, 1.82) is 0 Å². The van der Waals surface area contributed by atoms with Gasteiger partial charge in [0.05, 0.1) is 6.10 Å². The normalized spacial score (nSPS) is 43.0. The predicted octanol–water partition coefficient (Wildman–Crippen LogP) is 1.36. The van der Waals surface area contributed by atoms with Crippen LogP contribution in [0.25, 0.3) is 0 Å². The summed E-state index contributed by atoms with van der Waals surface area (Å²) in [6.45, 7) is 2.62. The maximum atomic E-state index is 5.42. The number of rotatable bonds is 1. The van der Waals surface area contributed by atoms with Gasteiger partial charge < -0.3 is 9.64 Å². The van der Waals surface area contributed by atoms with Crippen molar-refractivity contribution >= 4 is 0 Å². The highest BCUT2D eigenvalue weighted by molar-refractivity contribution is 4.88. The van der Waals surface area contributed by atoms with E-state index in [1.807, 2.05) is 7.11 Å². The number of ether oxygens (including phenoxy) is 1. The van der Waals surface area contributed by atoms with Crippen molar-refractivity contribution in [2.45, 2.75) is 25.4 Å². The number of methoxy groups -OCH3 is 1. The molecule has 0 aromatic rings. The minimum absolute atomic E-state index is 0.553. The van der Waals surface area contributed by atoms with E-state index in [2.05, 4.69) is 11.9 Å². The fraction of sp³-hybridized carbons (Fsp3) is 1.00. The zero-order chi connectivity index (χ0) is 8.55. The zero-order valence-corrected chi connectivity index (χ0v) is 8.12. The van der Waals surface area contributed by atoms with Crippen LogP contribution in [0.1, 0.15) is 19.3 Å². The molecule has 1 heterocycles. The molecule has 3 unspecified atom stereocenters. The Morgan fingerprint density at radius 1 is 1.17 bits per heavy atom. The Morgan fingerprint density at radius 3 is 2.67 bits per heavy atom. The number of hydrogen-bond acceptors (Lipinski definition) is 2. The first-order chi connectivity index (χ1) is 5.79. The van der Waals surface area contributed by atoms with Crippen molar-refractivity contribution in [3.8, 4) is 0 Å². The third-order valence-corrected chi connectivity index (χ3v) is 3.52. The van der Waals surface area contributed by atoms with Crippen LogP contribution in [0.2, 0.25) is 0 Å². The van der Waals surface area contributed by atoms with E-state index in [1.165, 1.54) is 32.4 Å². The van der Waals surface area contributed by atoms with E-state index < -0.39 is 0 Å². The SMILES string of the molecule is COC1CCC2CN(C)CC2C1. The molecule has 1 aliphatic heterocycles. The summed E-state index contributed by atoms with van der Waals surface area (Å²) < 4.78 is 5.42. The highest BCUT2D eigenvalue weighted by Crippen LogP contribution is 2.36. The van der Waals surface area contributed by atoms with Crippen LogP contribution in [0.15, 0.2) is 0 Å². The lowest BCUT2D eigenvalue weighted by molar-refractivity contribution is 0.0409. The van der Waals surface area contributed by atoms with Gasteiger partial charge in [0.25, 0.3) is 0 Å². The molecule has 0 aromatic heterocycles. The molecule has 1 saturated carbocycles. The molecule has 0 bridgehead atoms. The summed E-state index contributed by atoms with van der Waals surface area (Å²) in [7, 11) is 4.09. The average molecular weight is 169 g/mol. The van der Waals surface area contributed by atoms with Crippen molar-refractivity contribution in [3.63, 3.8) is 0 Å². The molecule has 0 amide bonds. The number of nitrogens with zero attached hydrogens (tertiary/aromatic N) is 1. The summed E-state index contributed by atoms with van der Waals surface area (Å²) >= 11 is 0. The maximum absolute atomic E-state index is 5.42. The molecule has 1 aliphatic carbocycles. The fourth-order valence-electron chi connectivity index (χ4n) is 2.84. The summed E-state index contributed by atoms with van der Waals surface area (Å²) in [4.78, 5) is 2.47. The maximum Gasteiger partial charge on any atom is 0.0574 e. The summed E-state index contributed by atoms with van der Waals surface area (Å²) in [6.07, 6.45) is 4.52. The molecule has 0 N–H and O–H groups in total. The van der Waals surface area contributed by atoms with Crippen LogP contribution in [0.3, 0.4) is 0 Å². The first kappa shape index (κ1) is 8.52. The van der Waals surface area contributed by atoms with E-state index in [4.69, 9.17) is 4.74 Å². The Labute approximate surface area is 74.9 Å². The molecule has 2 rings (SSSR count). The van der Waals surface area contributed by atoms with Gasteiger partial charge in [-0.3, -0.25) is 0 Å². The van der Waals surface area contributed by atoms with Gasteiger partial charge in [0.2, 0.25) is 0 Å². The smallest absolute Gasteiger partial charge is 0.0574 e. The van der Waals surface area contributed by atoms with Gasteiger partial charge in [-0.05, 0) is 38.1 Å². The van der Waals surface area contributed by atoms with Crippen molar-refractivity contribution in [1.82, 2.24) is 4.90 Å². The van der Waals surface area contributed by atoms with Crippen molar-refractivity contribution < 1.29 is 4.74 Å². The van der Waals surface area contributed by atoms with Gasteiger partial charge in [-0.1, -0.05) is 0 Å². The van der Waals surface area contributed by atoms with Crippen LogP contribution in [-0.2, 0) is 4.74 Å². The third-order valence-electron chi connectivity index (χ3n) is 3.52. The van der Waals surface area contributed by atoms with Crippen LogP contribution in [0.5, 0.6) is 0 Å². The van der Waals surface area contributed by atoms with Crippen LogP contribution >= 0.6 is 0 Å². The van der Waals surface area contributed by atoms with Gasteiger partial charge in [-0.25, -0.2) is 0 Å². The molecule has 3 atom stereocenters. The first-order valence-corrected chi connectivity index (χ1v) is 5.01. The topological polar surface area (TPSA) is 12.5 Å². The molecule has 2 fully saturated rings. The van der Waals surface area contributed by atoms with E-state index >= 15 is 0 Å².